The van der Waals surface area contributed by atoms with Crippen molar-refractivity contribution in [3.8, 4) is 11.4 Å². The fourth-order valence-corrected chi connectivity index (χ4v) is 2.93. The SMILES string of the molecule is CNCC1CN(Cc2nc(-c3ccsc3)no2)CCO1. The number of likely N-dealkylation sites (N-methyl/N-ethyl adjacent to an activating group) is 1. The van der Waals surface area contributed by atoms with Crippen LogP contribution in [0.3, 0.4) is 0 Å². The molecular formula is C13H18N4O2S. The Kier molecular flexibility index (Phi) is 4.41. The standard InChI is InChI=1S/C13H18N4O2S/c1-14-6-11-7-17(3-4-18-11)8-12-15-13(16-19-12)10-2-5-20-9-10/h2,5,9,11,14H,3-4,6-8H2,1H3. The van der Waals surface area contributed by atoms with E-state index in [0.717, 1.165) is 31.8 Å². The molecule has 0 radical (unpaired) electrons. The smallest absolute Gasteiger partial charge is 0.241 e. The molecule has 0 aromatic carbocycles. The molecule has 6 nitrogen and oxygen atoms in total. The molecule has 108 valence electrons. The maximum atomic E-state index is 5.68. The first-order chi connectivity index (χ1) is 9.85. The number of morpholine rings is 1. The van der Waals surface area contributed by atoms with E-state index in [-0.39, 0.29) is 6.10 Å². The molecule has 1 atom stereocenters. The van der Waals surface area contributed by atoms with E-state index in [2.05, 4.69) is 20.4 Å². The third-order valence-corrected chi connectivity index (χ3v) is 3.94. The van der Waals surface area contributed by atoms with Crippen LogP contribution in [0.15, 0.2) is 21.3 Å². The fourth-order valence-electron chi connectivity index (χ4n) is 2.29. The van der Waals surface area contributed by atoms with Gasteiger partial charge in [-0.2, -0.15) is 16.3 Å². The van der Waals surface area contributed by atoms with Gasteiger partial charge in [-0.3, -0.25) is 4.90 Å². The summed E-state index contributed by atoms with van der Waals surface area (Å²) in [7, 11) is 1.94. The zero-order valence-corrected chi connectivity index (χ0v) is 12.2. The lowest BCUT2D eigenvalue weighted by molar-refractivity contribution is -0.0318. The Labute approximate surface area is 121 Å². The van der Waals surface area contributed by atoms with E-state index >= 15 is 0 Å². The van der Waals surface area contributed by atoms with E-state index in [0.29, 0.717) is 18.3 Å². The van der Waals surface area contributed by atoms with Gasteiger partial charge in [-0.25, -0.2) is 0 Å². The van der Waals surface area contributed by atoms with E-state index in [1.165, 1.54) is 0 Å². The highest BCUT2D eigenvalue weighted by Gasteiger charge is 2.21. The molecule has 2 aromatic heterocycles. The number of thiophene rings is 1. The van der Waals surface area contributed by atoms with Crippen molar-refractivity contribution in [2.75, 3.05) is 33.3 Å². The Morgan fingerprint density at radius 2 is 2.50 bits per heavy atom. The van der Waals surface area contributed by atoms with Crippen LogP contribution in [0.4, 0.5) is 0 Å². The highest BCUT2D eigenvalue weighted by Crippen LogP contribution is 2.19. The molecule has 1 aliphatic heterocycles. The average Bonchev–Trinajstić information content (AvgIpc) is 3.10. The van der Waals surface area contributed by atoms with Crippen LogP contribution in [-0.2, 0) is 11.3 Å². The molecule has 3 rings (SSSR count). The Bertz CT molecular complexity index is 526. The predicted octanol–water partition coefficient (Wildman–Crippen LogP) is 1.22. The topological polar surface area (TPSA) is 63.4 Å². The van der Waals surface area contributed by atoms with E-state index < -0.39 is 0 Å². The average molecular weight is 294 g/mol. The Morgan fingerprint density at radius 3 is 3.30 bits per heavy atom. The van der Waals surface area contributed by atoms with Crippen molar-refractivity contribution >= 4 is 11.3 Å². The van der Waals surface area contributed by atoms with Gasteiger partial charge in [0.1, 0.15) is 0 Å². The first kappa shape index (κ1) is 13.7. The van der Waals surface area contributed by atoms with Crippen molar-refractivity contribution in [1.82, 2.24) is 20.4 Å². The molecule has 0 aliphatic carbocycles. The lowest BCUT2D eigenvalue weighted by Gasteiger charge is -2.31. The number of rotatable bonds is 5. The maximum absolute atomic E-state index is 5.68. The normalized spacial score (nSPS) is 20.4. The summed E-state index contributed by atoms with van der Waals surface area (Å²) in [6.07, 6.45) is 0.230. The molecule has 0 bridgehead atoms. The zero-order valence-electron chi connectivity index (χ0n) is 11.4. The van der Waals surface area contributed by atoms with Crippen LogP contribution in [0.25, 0.3) is 11.4 Å². The van der Waals surface area contributed by atoms with E-state index in [9.17, 15) is 0 Å². The monoisotopic (exact) mass is 294 g/mol. The van der Waals surface area contributed by atoms with Crippen molar-refractivity contribution in [1.29, 1.82) is 0 Å². The molecule has 1 fully saturated rings. The molecule has 2 aromatic rings. The summed E-state index contributed by atoms with van der Waals surface area (Å²) in [6.45, 7) is 4.08. The molecular weight excluding hydrogens is 276 g/mol. The van der Waals surface area contributed by atoms with Gasteiger partial charge < -0.3 is 14.6 Å². The minimum Gasteiger partial charge on any atom is -0.374 e. The zero-order chi connectivity index (χ0) is 13.8. The second-order valence-corrected chi connectivity index (χ2v) is 5.59. The third kappa shape index (κ3) is 3.24. The van der Waals surface area contributed by atoms with E-state index in [4.69, 9.17) is 9.26 Å². The third-order valence-electron chi connectivity index (χ3n) is 3.26. The fraction of sp³-hybridized carbons (Fsp3) is 0.538. The van der Waals surface area contributed by atoms with Crippen LogP contribution in [0, 0.1) is 0 Å². The largest absolute Gasteiger partial charge is 0.374 e. The van der Waals surface area contributed by atoms with Gasteiger partial charge in [0.05, 0.1) is 19.3 Å². The molecule has 1 aliphatic rings. The molecule has 1 unspecified atom stereocenters. The van der Waals surface area contributed by atoms with Gasteiger partial charge in [-0.15, -0.1) is 0 Å². The predicted molar refractivity (Wildman–Crippen MR) is 76.6 cm³/mol. The van der Waals surface area contributed by atoms with Crippen LogP contribution in [0.1, 0.15) is 5.89 Å². The van der Waals surface area contributed by atoms with Gasteiger partial charge >= 0.3 is 0 Å². The van der Waals surface area contributed by atoms with Crippen LogP contribution >= 0.6 is 11.3 Å². The Balaban J connectivity index is 1.60. The minimum absolute atomic E-state index is 0.230. The van der Waals surface area contributed by atoms with Gasteiger partial charge in [-0.1, -0.05) is 5.16 Å². The second kappa shape index (κ2) is 6.45. The summed E-state index contributed by atoms with van der Waals surface area (Å²) >= 11 is 1.63. The first-order valence-corrected chi connectivity index (χ1v) is 7.63. The van der Waals surface area contributed by atoms with Crippen LogP contribution in [0.2, 0.25) is 0 Å². The van der Waals surface area contributed by atoms with Crippen molar-refractivity contribution in [3.63, 3.8) is 0 Å². The summed E-state index contributed by atoms with van der Waals surface area (Å²) < 4.78 is 11.0. The highest BCUT2D eigenvalue weighted by molar-refractivity contribution is 7.08. The van der Waals surface area contributed by atoms with Crippen molar-refractivity contribution in [2.24, 2.45) is 0 Å². The van der Waals surface area contributed by atoms with Gasteiger partial charge in [0.15, 0.2) is 0 Å². The van der Waals surface area contributed by atoms with Crippen molar-refractivity contribution in [3.05, 3.63) is 22.7 Å². The van der Waals surface area contributed by atoms with E-state index in [1.807, 2.05) is 23.9 Å². The molecule has 1 saturated heterocycles. The number of hydrogen-bond acceptors (Lipinski definition) is 7. The van der Waals surface area contributed by atoms with Gasteiger partial charge in [0.2, 0.25) is 11.7 Å². The van der Waals surface area contributed by atoms with Crippen LogP contribution < -0.4 is 5.32 Å². The number of nitrogens with one attached hydrogen (secondary N) is 1. The summed E-state index contributed by atoms with van der Waals surface area (Å²) in [5.74, 6) is 1.33. The molecule has 0 amide bonds. The van der Waals surface area contributed by atoms with E-state index in [1.54, 1.807) is 11.3 Å². The number of ether oxygens (including phenoxy) is 1. The lowest BCUT2D eigenvalue weighted by Crippen LogP contribution is -2.45. The molecule has 7 heteroatoms. The Morgan fingerprint density at radius 1 is 1.55 bits per heavy atom. The molecule has 0 spiro atoms. The van der Waals surface area contributed by atoms with Crippen molar-refractivity contribution < 1.29 is 9.26 Å². The van der Waals surface area contributed by atoms with Gasteiger partial charge in [0.25, 0.3) is 0 Å². The number of hydrogen-bond donors (Lipinski definition) is 1. The minimum atomic E-state index is 0.230. The summed E-state index contributed by atoms with van der Waals surface area (Å²) in [4.78, 5) is 6.74. The van der Waals surface area contributed by atoms with Crippen molar-refractivity contribution in [2.45, 2.75) is 12.6 Å². The molecule has 20 heavy (non-hydrogen) atoms. The number of aromatic nitrogens is 2. The summed E-state index contributed by atoms with van der Waals surface area (Å²) in [5, 5.41) is 11.2. The Hall–Kier alpha value is -1.28. The van der Waals surface area contributed by atoms with Gasteiger partial charge in [-0.05, 0) is 18.5 Å². The highest BCUT2D eigenvalue weighted by atomic mass is 32.1. The summed E-state index contributed by atoms with van der Waals surface area (Å²) in [6, 6.07) is 2.00. The molecule has 3 heterocycles. The van der Waals surface area contributed by atoms with Crippen LogP contribution in [-0.4, -0.2) is 54.4 Å². The lowest BCUT2D eigenvalue weighted by atomic mass is 10.2. The van der Waals surface area contributed by atoms with Gasteiger partial charge in [0, 0.05) is 30.6 Å². The molecule has 0 saturated carbocycles. The summed E-state index contributed by atoms with van der Waals surface area (Å²) in [5.41, 5.74) is 1.01. The maximum Gasteiger partial charge on any atom is 0.241 e. The van der Waals surface area contributed by atoms with Crippen LogP contribution in [0.5, 0.6) is 0 Å². The second-order valence-electron chi connectivity index (χ2n) is 4.81. The number of nitrogens with zero attached hydrogens (tertiary/aromatic N) is 3. The molecule has 1 N–H and O–H groups in total. The quantitative estimate of drug-likeness (QED) is 0.894. The first-order valence-electron chi connectivity index (χ1n) is 6.69.